The number of fused-ring (bicyclic) bond motifs is 1. The third-order valence-corrected chi connectivity index (χ3v) is 7.44. The predicted molar refractivity (Wildman–Crippen MR) is 126 cm³/mol. The number of aliphatic imine (C=N–C) groups is 1. The summed E-state index contributed by atoms with van der Waals surface area (Å²) in [5.74, 6) is -1.82. The van der Waals surface area contributed by atoms with E-state index in [1.54, 1.807) is 35.2 Å². The number of alkyl halides is 2. The van der Waals surface area contributed by atoms with Crippen LogP contribution in [-0.4, -0.2) is 70.7 Å². The molecule has 8 nitrogen and oxygen atoms in total. The molecule has 4 heterocycles. The van der Waals surface area contributed by atoms with E-state index < -0.39 is 11.5 Å². The molecule has 0 unspecified atom stereocenters. The highest BCUT2D eigenvalue weighted by Crippen LogP contribution is 2.46. The van der Waals surface area contributed by atoms with Crippen LogP contribution in [0.15, 0.2) is 35.6 Å². The normalized spacial score (nSPS) is 20.1. The van der Waals surface area contributed by atoms with E-state index >= 15 is 0 Å². The molecule has 0 atom stereocenters. The summed E-state index contributed by atoms with van der Waals surface area (Å²) in [6, 6.07) is 3.64. The number of carbonyl (C=O) groups is 1. The van der Waals surface area contributed by atoms with Gasteiger partial charge in [0.2, 0.25) is 5.95 Å². The molecule has 0 spiro atoms. The lowest BCUT2D eigenvalue weighted by molar-refractivity contribution is 0.0107. The number of nitrogens with zero attached hydrogens (tertiary/aromatic N) is 5. The number of hydrogen-bond acceptors (Lipinski definition) is 7. The molecule has 3 N–H and O–H groups in total. The van der Waals surface area contributed by atoms with Crippen molar-refractivity contribution in [2.45, 2.75) is 31.7 Å². The summed E-state index contributed by atoms with van der Waals surface area (Å²) in [5.41, 5.74) is 6.23. The zero-order chi connectivity index (χ0) is 23.8. The van der Waals surface area contributed by atoms with Crippen molar-refractivity contribution in [2.75, 3.05) is 38.5 Å². The number of nitrogens with two attached hydrogens (primary N) is 1. The Morgan fingerprint density at radius 2 is 2.18 bits per heavy atom. The van der Waals surface area contributed by atoms with Gasteiger partial charge in [0, 0.05) is 44.2 Å². The number of amides is 1. The van der Waals surface area contributed by atoms with Gasteiger partial charge in [-0.25, -0.2) is 18.7 Å². The Morgan fingerprint density at radius 3 is 2.82 bits per heavy atom. The molecule has 2 aromatic heterocycles. The molecule has 1 fully saturated rings. The van der Waals surface area contributed by atoms with Gasteiger partial charge in [0.1, 0.15) is 5.84 Å². The van der Waals surface area contributed by atoms with E-state index in [-0.39, 0.29) is 18.9 Å². The Labute approximate surface area is 195 Å². The van der Waals surface area contributed by atoms with Crippen molar-refractivity contribution in [1.29, 1.82) is 0 Å². The molecule has 0 aliphatic carbocycles. The number of nitrogens with one attached hydrogen (secondary N) is 1. The molecule has 0 saturated carbocycles. The minimum Gasteiger partial charge on any atom is -0.404 e. The van der Waals surface area contributed by atoms with Crippen LogP contribution in [0.5, 0.6) is 0 Å². The summed E-state index contributed by atoms with van der Waals surface area (Å²) in [7, 11) is 1.63. The van der Waals surface area contributed by atoms with Gasteiger partial charge < -0.3 is 16.0 Å². The van der Waals surface area contributed by atoms with Crippen LogP contribution in [0.2, 0.25) is 0 Å². The Hall–Kier alpha value is -2.92. The predicted octanol–water partition coefficient (Wildman–Crippen LogP) is 3.15. The molecule has 1 saturated heterocycles. The second-order valence-electron chi connectivity index (χ2n) is 8.61. The third-order valence-electron chi connectivity index (χ3n) is 5.97. The first-order valence-electron chi connectivity index (χ1n) is 10.7. The van der Waals surface area contributed by atoms with Gasteiger partial charge in [-0.15, -0.1) is 11.3 Å². The van der Waals surface area contributed by atoms with Gasteiger partial charge in [-0.2, -0.15) is 0 Å². The van der Waals surface area contributed by atoms with E-state index in [1.807, 2.05) is 19.9 Å². The van der Waals surface area contributed by atoms with Gasteiger partial charge >= 0.3 is 0 Å². The highest BCUT2D eigenvalue weighted by molar-refractivity contribution is 7.16. The van der Waals surface area contributed by atoms with Crippen LogP contribution in [0.25, 0.3) is 10.6 Å². The van der Waals surface area contributed by atoms with Crippen molar-refractivity contribution in [3.8, 4) is 10.6 Å². The minimum atomic E-state index is -2.63. The van der Waals surface area contributed by atoms with Crippen LogP contribution in [0.3, 0.4) is 0 Å². The molecule has 0 aromatic carbocycles. The summed E-state index contributed by atoms with van der Waals surface area (Å²) in [6.07, 6.45) is 4.50. The van der Waals surface area contributed by atoms with E-state index in [1.165, 1.54) is 17.5 Å². The molecule has 2 aliphatic heterocycles. The summed E-state index contributed by atoms with van der Waals surface area (Å²) < 4.78 is 27.0. The van der Waals surface area contributed by atoms with Gasteiger partial charge in [-0.1, -0.05) is 0 Å². The molecule has 1 amide bonds. The monoisotopic (exact) mass is 475 g/mol. The fraction of sp³-hybridized carbons (Fsp3) is 0.455. The van der Waals surface area contributed by atoms with Gasteiger partial charge in [0.05, 0.1) is 28.2 Å². The first kappa shape index (κ1) is 23.2. The van der Waals surface area contributed by atoms with Crippen LogP contribution in [0.1, 0.15) is 35.5 Å². The first-order valence-corrected chi connectivity index (χ1v) is 11.5. The van der Waals surface area contributed by atoms with E-state index in [0.29, 0.717) is 42.7 Å². The van der Waals surface area contributed by atoms with Crippen molar-refractivity contribution in [3.63, 3.8) is 0 Å². The van der Waals surface area contributed by atoms with Crippen molar-refractivity contribution in [1.82, 2.24) is 19.8 Å². The van der Waals surface area contributed by atoms with Crippen LogP contribution in [0.4, 0.5) is 14.7 Å². The first-order chi connectivity index (χ1) is 15.6. The van der Waals surface area contributed by atoms with Crippen molar-refractivity contribution < 1.29 is 13.6 Å². The van der Waals surface area contributed by atoms with Gasteiger partial charge in [-0.05, 0) is 38.3 Å². The summed E-state index contributed by atoms with van der Waals surface area (Å²) in [5, 5.41) is 3.00. The fourth-order valence-electron chi connectivity index (χ4n) is 4.21. The van der Waals surface area contributed by atoms with Gasteiger partial charge in [-0.3, -0.25) is 14.7 Å². The highest BCUT2D eigenvalue weighted by Gasteiger charge is 2.45. The Morgan fingerprint density at radius 1 is 1.39 bits per heavy atom. The molecule has 4 rings (SSSR count). The molecule has 0 bridgehead atoms. The number of hydrogen-bond donors (Lipinski definition) is 2. The number of carbonyl (C=O) groups excluding carboxylic acids is 1. The number of aromatic nitrogens is 2. The standard InChI is InChI=1S/C22H27F2N7OS/c1-21(2)18-14(19(32)31(21)11-10-30-9-6-22(23,24)13-30)12-16(33-18)15-5-8-27-20(28-15)29-17(26-3)4-7-25/h4-5,7-8,12H,6,9-11,13,25H2,1-3H3,(H,26,27,28,29). The summed E-state index contributed by atoms with van der Waals surface area (Å²) >= 11 is 1.51. The Bertz CT molecular complexity index is 1110. The molecule has 11 heteroatoms. The minimum absolute atomic E-state index is 0.0793. The van der Waals surface area contributed by atoms with Crippen molar-refractivity contribution in [2.24, 2.45) is 10.7 Å². The average Bonchev–Trinajstić information content (AvgIpc) is 3.41. The second kappa shape index (κ2) is 8.79. The van der Waals surface area contributed by atoms with Gasteiger partial charge in [0.15, 0.2) is 0 Å². The van der Waals surface area contributed by atoms with Gasteiger partial charge in [0.25, 0.3) is 11.8 Å². The smallest absolute Gasteiger partial charge is 0.261 e. The number of likely N-dealkylation sites (tertiary alicyclic amines) is 1. The maximum absolute atomic E-state index is 13.5. The lowest BCUT2D eigenvalue weighted by Crippen LogP contribution is -2.43. The zero-order valence-electron chi connectivity index (χ0n) is 18.8. The number of anilines is 1. The average molecular weight is 476 g/mol. The molecule has 176 valence electrons. The lowest BCUT2D eigenvalue weighted by atomic mass is 10.0. The summed E-state index contributed by atoms with van der Waals surface area (Å²) in [4.78, 5) is 31.4. The number of halogens is 2. The van der Waals surface area contributed by atoms with E-state index in [4.69, 9.17) is 5.73 Å². The molecule has 2 aliphatic rings. The van der Waals surface area contributed by atoms with Crippen molar-refractivity contribution >= 4 is 29.0 Å². The Balaban J connectivity index is 1.51. The molecule has 2 aromatic rings. The quantitative estimate of drug-likeness (QED) is 0.492. The van der Waals surface area contributed by atoms with Crippen molar-refractivity contribution in [3.05, 3.63) is 41.0 Å². The van der Waals surface area contributed by atoms with Crippen LogP contribution >= 0.6 is 11.3 Å². The van der Waals surface area contributed by atoms with Crippen LogP contribution in [-0.2, 0) is 5.54 Å². The Kier molecular flexibility index (Phi) is 6.19. The number of thiophene rings is 1. The van der Waals surface area contributed by atoms with E-state index in [9.17, 15) is 13.6 Å². The molecular formula is C22H27F2N7OS. The van der Waals surface area contributed by atoms with E-state index in [0.717, 1.165) is 9.75 Å². The fourth-order valence-corrected chi connectivity index (χ4v) is 5.44. The van der Waals surface area contributed by atoms with E-state index in [2.05, 4.69) is 20.3 Å². The molecule has 33 heavy (non-hydrogen) atoms. The molecule has 0 radical (unpaired) electrons. The lowest BCUT2D eigenvalue weighted by Gasteiger charge is -2.33. The number of amidine groups is 1. The van der Waals surface area contributed by atoms with Crippen LogP contribution < -0.4 is 11.1 Å². The number of rotatable bonds is 6. The maximum atomic E-state index is 13.5. The SMILES string of the molecule is CN=C(C=CN)Nc1nccc(-c2cc3c(s2)C(C)(C)N(CCN2CCC(F)(F)C2)C3=O)n1. The zero-order valence-corrected chi connectivity index (χ0v) is 19.6. The topological polar surface area (TPSA) is 99.7 Å². The largest absolute Gasteiger partial charge is 0.404 e. The summed E-state index contributed by atoms with van der Waals surface area (Å²) in [6.45, 7) is 4.95. The highest BCUT2D eigenvalue weighted by atomic mass is 32.1. The third kappa shape index (κ3) is 4.60. The maximum Gasteiger partial charge on any atom is 0.261 e. The van der Waals surface area contributed by atoms with Crippen LogP contribution in [0, 0.1) is 0 Å². The molecular weight excluding hydrogens is 448 g/mol. The second-order valence-corrected chi connectivity index (χ2v) is 9.66.